The van der Waals surface area contributed by atoms with E-state index in [1.165, 1.54) is 11.3 Å². The van der Waals surface area contributed by atoms with Crippen LogP contribution in [0, 0.1) is 0 Å². The molecule has 0 saturated heterocycles. The molecule has 0 fully saturated rings. The van der Waals surface area contributed by atoms with Crippen LogP contribution < -0.4 is 10.1 Å². The fourth-order valence-electron chi connectivity index (χ4n) is 3.11. The summed E-state index contributed by atoms with van der Waals surface area (Å²) in [5, 5.41) is 14.2. The van der Waals surface area contributed by atoms with Gasteiger partial charge in [-0.3, -0.25) is 10.2 Å². The third-order valence-corrected chi connectivity index (χ3v) is 5.42. The molecule has 0 unspecified atom stereocenters. The number of rotatable bonds is 6. The highest BCUT2D eigenvalue weighted by Crippen LogP contribution is 2.44. The van der Waals surface area contributed by atoms with Crippen molar-refractivity contribution in [3.8, 4) is 16.2 Å². The van der Waals surface area contributed by atoms with Gasteiger partial charge in [-0.05, 0) is 29.0 Å². The van der Waals surface area contributed by atoms with Crippen LogP contribution in [0.15, 0.2) is 47.5 Å². The SMILES string of the molecule is OOCCOc1c(C2=NCCN2)cc2ccccc2c1-c1ccc(Cl)s1. The second kappa shape index (κ2) is 7.63. The molecule has 0 saturated carbocycles. The van der Waals surface area contributed by atoms with Crippen molar-refractivity contribution in [2.45, 2.75) is 0 Å². The molecule has 0 aliphatic carbocycles. The monoisotopic (exact) mass is 388 g/mol. The van der Waals surface area contributed by atoms with Crippen LogP contribution in [0.5, 0.6) is 5.75 Å². The molecule has 1 aromatic heterocycles. The van der Waals surface area contributed by atoms with E-state index in [-0.39, 0.29) is 13.2 Å². The maximum absolute atomic E-state index is 8.66. The summed E-state index contributed by atoms with van der Waals surface area (Å²) in [4.78, 5) is 9.76. The lowest BCUT2D eigenvalue weighted by atomic mass is 9.97. The van der Waals surface area contributed by atoms with Gasteiger partial charge in [-0.25, -0.2) is 4.89 Å². The lowest BCUT2D eigenvalue weighted by Crippen LogP contribution is -2.21. The molecule has 0 bridgehead atoms. The van der Waals surface area contributed by atoms with E-state index in [9.17, 15) is 0 Å². The molecule has 0 radical (unpaired) electrons. The molecule has 26 heavy (non-hydrogen) atoms. The first-order chi connectivity index (χ1) is 12.8. The minimum atomic E-state index is 0.0802. The Hall–Kier alpha value is -2.12. The lowest BCUT2D eigenvalue weighted by Gasteiger charge is -2.18. The van der Waals surface area contributed by atoms with E-state index in [4.69, 9.17) is 21.6 Å². The first-order valence-electron chi connectivity index (χ1n) is 8.27. The zero-order valence-electron chi connectivity index (χ0n) is 13.9. The number of hydrogen-bond acceptors (Lipinski definition) is 6. The van der Waals surface area contributed by atoms with Gasteiger partial charge in [0.15, 0.2) is 0 Å². The first kappa shape index (κ1) is 17.3. The fourth-order valence-corrected chi connectivity index (χ4v) is 4.21. The summed E-state index contributed by atoms with van der Waals surface area (Å²) in [6, 6.07) is 14.1. The summed E-state index contributed by atoms with van der Waals surface area (Å²) < 4.78 is 6.77. The van der Waals surface area contributed by atoms with Crippen molar-refractivity contribution in [1.29, 1.82) is 0 Å². The highest BCUT2D eigenvalue weighted by atomic mass is 35.5. The van der Waals surface area contributed by atoms with Crippen molar-refractivity contribution in [3.63, 3.8) is 0 Å². The summed E-state index contributed by atoms with van der Waals surface area (Å²) >= 11 is 7.70. The molecule has 2 aromatic carbocycles. The van der Waals surface area contributed by atoms with Crippen LogP contribution in [0.3, 0.4) is 0 Å². The highest BCUT2D eigenvalue weighted by molar-refractivity contribution is 7.19. The van der Waals surface area contributed by atoms with E-state index in [2.05, 4.69) is 33.4 Å². The van der Waals surface area contributed by atoms with Gasteiger partial charge >= 0.3 is 0 Å². The van der Waals surface area contributed by atoms with Crippen LogP contribution in [0.4, 0.5) is 0 Å². The maximum atomic E-state index is 8.66. The molecule has 5 nitrogen and oxygen atoms in total. The number of hydrogen-bond donors (Lipinski definition) is 2. The van der Waals surface area contributed by atoms with E-state index < -0.39 is 0 Å². The van der Waals surface area contributed by atoms with E-state index >= 15 is 0 Å². The van der Waals surface area contributed by atoms with Crippen molar-refractivity contribution in [1.82, 2.24) is 5.32 Å². The molecule has 4 rings (SSSR count). The third kappa shape index (κ3) is 3.29. The average molecular weight is 389 g/mol. The normalized spacial score (nSPS) is 13.7. The molecule has 2 N–H and O–H groups in total. The number of thiophene rings is 1. The molecule has 7 heteroatoms. The number of amidine groups is 1. The van der Waals surface area contributed by atoms with Gasteiger partial charge in [0.2, 0.25) is 0 Å². The van der Waals surface area contributed by atoms with E-state index in [1.54, 1.807) is 0 Å². The number of benzene rings is 2. The second-order valence-electron chi connectivity index (χ2n) is 5.79. The Balaban J connectivity index is 1.97. The van der Waals surface area contributed by atoms with Crippen LogP contribution in [-0.2, 0) is 4.89 Å². The Bertz CT molecular complexity index is 971. The molecule has 1 aliphatic rings. The van der Waals surface area contributed by atoms with Crippen LogP contribution in [0.1, 0.15) is 5.56 Å². The Labute approximate surface area is 159 Å². The molecule has 0 spiro atoms. The molecule has 1 aliphatic heterocycles. The predicted molar refractivity (Wildman–Crippen MR) is 106 cm³/mol. The number of aliphatic imine (C=N–C) groups is 1. The summed E-state index contributed by atoms with van der Waals surface area (Å²) in [6.45, 7) is 1.85. The summed E-state index contributed by atoms with van der Waals surface area (Å²) in [5.41, 5.74) is 1.88. The number of ether oxygens (including phenoxy) is 1. The third-order valence-electron chi connectivity index (χ3n) is 4.17. The minimum absolute atomic E-state index is 0.0802. The zero-order chi connectivity index (χ0) is 17.9. The van der Waals surface area contributed by atoms with Crippen LogP contribution in [-0.4, -0.2) is 37.4 Å². The van der Waals surface area contributed by atoms with Crippen LogP contribution >= 0.6 is 22.9 Å². The van der Waals surface area contributed by atoms with Gasteiger partial charge in [0, 0.05) is 17.0 Å². The smallest absolute Gasteiger partial charge is 0.139 e. The van der Waals surface area contributed by atoms with Gasteiger partial charge in [-0.1, -0.05) is 35.9 Å². The van der Waals surface area contributed by atoms with Gasteiger partial charge in [0.1, 0.15) is 24.8 Å². The van der Waals surface area contributed by atoms with Crippen molar-refractivity contribution in [2.24, 2.45) is 4.99 Å². The van der Waals surface area contributed by atoms with E-state index in [1.807, 2.05) is 24.3 Å². The van der Waals surface area contributed by atoms with Gasteiger partial charge in [-0.15, -0.1) is 11.3 Å². The second-order valence-corrected chi connectivity index (χ2v) is 7.51. The summed E-state index contributed by atoms with van der Waals surface area (Å²) in [5.74, 6) is 1.53. The minimum Gasteiger partial charge on any atom is -0.490 e. The van der Waals surface area contributed by atoms with Crippen molar-refractivity contribution < 1.29 is 14.9 Å². The predicted octanol–water partition coefficient (Wildman–Crippen LogP) is 4.44. The van der Waals surface area contributed by atoms with E-state index in [0.29, 0.717) is 5.75 Å². The summed E-state index contributed by atoms with van der Waals surface area (Å²) in [7, 11) is 0. The average Bonchev–Trinajstić information content (AvgIpc) is 3.33. The first-order valence-corrected chi connectivity index (χ1v) is 9.46. The van der Waals surface area contributed by atoms with Crippen molar-refractivity contribution in [3.05, 3.63) is 52.4 Å². The number of nitrogens with zero attached hydrogens (tertiary/aromatic N) is 1. The molecular weight excluding hydrogens is 372 g/mol. The largest absolute Gasteiger partial charge is 0.490 e. The maximum Gasteiger partial charge on any atom is 0.139 e. The Kier molecular flexibility index (Phi) is 5.08. The fraction of sp³-hybridized carbons (Fsp3) is 0.211. The number of nitrogens with one attached hydrogen (secondary N) is 1. The van der Waals surface area contributed by atoms with Crippen molar-refractivity contribution in [2.75, 3.05) is 26.3 Å². The Morgan fingerprint density at radius 1 is 1.19 bits per heavy atom. The molecule has 2 heterocycles. The van der Waals surface area contributed by atoms with Crippen LogP contribution in [0.2, 0.25) is 4.34 Å². The molecule has 134 valence electrons. The molecule has 0 amide bonds. The Morgan fingerprint density at radius 3 is 2.81 bits per heavy atom. The van der Waals surface area contributed by atoms with Gasteiger partial charge in [0.25, 0.3) is 0 Å². The molecule has 0 atom stereocenters. The number of halogens is 1. The van der Waals surface area contributed by atoms with Gasteiger partial charge < -0.3 is 10.1 Å². The molecular formula is C19H17ClN2O3S. The van der Waals surface area contributed by atoms with E-state index in [0.717, 1.165) is 50.0 Å². The quantitative estimate of drug-likeness (QED) is 0.372. The molecule has 3 aromatic rings. The zero-order valence-corrected chi connectivity index (χ0v) is 15.4. The van der Waals surface area contributed by atoms with Crippen molar-refractivity contribution >= 4 is 39.5 Å². The summed E-state index contributed by atoms with van der Waals surface area (Å²) in [6.07, 6.45) is 0. The van der Waals surface area contributed by atoms with Gasteiger partial charge in [0.05, 0.1) is 16.4 Å². The highest BCUT2D eigenvalue weighted by Gasteiger charge is 2.22. The number of fused-ring (bicyclic) bond motifs is 1. The van der Waals surface area contributed by atoms with Crippen LogP contribution in [0.25, 0.3) is 21.2 Å². The lowest BCUT2D eigenvalue weighted by molar-refractivity contribution is -0.245. The topological polar surface area (TPSA) is 63.1 Å². The van der Waals surface area contributed by atoms with Gasteiger partial charge in [-0.2, -0.15) is 0 Å². The Morgan fingerprint density at radius 2 is 2.08 bits per heavy atom. The standard InChI is InChI=1S/C19H17ClN2O3S/c20-16-6-5-15(26-16)17-13-4-2-1-3-12(13)11-14(19-21-7-8-22-19)18(17)24-9-10-25-23/h1-6,11,23H,7-10H2,(H,21,22).